The number of aryl methyl sites for hydroxylation is 3. The third-order valence-electron chi connectivity index (χ3n) is 4.88. The van der Waals surface area contributed by atoms with E-state index in [1.54, 1.807) is 6.92 Å². The van der Waals surface area contributed by atoms with Crippen molar-refractivity contribution in [3.8, 4) is 0 Å². The zero-order valence-electron chi connectivity index (χ0n) is 14.5. The third-order valence-corrected chi connectivity index (χ3v) is 4.88. The summed E-state index contributed by atoms with van der Waals surface area (Å²) in [7, 11) is 0. The van der Waals surface area contributed by atoms with Gasteiger partial charge in [0.05, 0.1) is 12.5 Å². The molecule has 0 aliphatic heterocycles. The molecule has 0 saturated heterocycles. The van der Waals surface area contributed by atoms with E-state index in [9.17, 15) is 14.4 Å². The molecule has 2 unspecified atom stereocenters. The summed E-state index contributed by atoms with van der Waals surface area (Å²) >= 11 is 0. The van der Waals surface area contributed by atoms with Crippen molar-refractivity contribution in [2.24, 2.45) is 5.41 Å². The van der Waals surface area contributed by atoms with Crippen molar-refractivity contribution < 1.29 is 19.1 Å². The maximum Gasteiger partial charge on any atom is 0.320 e. The molecule has 0 bridgehead atoms. The number of carbonyl (C=O) groups is 3. The third kappa shape index (κ3) is 2.71. The van der Waals surface area contributed by atoms with Gasteiger partial charge in [0, 0.05) is 6.42 Å². The molecule has 1 aromatic carbocycles. The number of Topliss-reactive ketones (excluding diaryl/α,β-unsaturated/α-hetero) is 2. The van der Waals surface area contributed by atoms with Crippen molar-refractivity contribution in [3.05, 3.63) is 34.4 Å². The van der Waals surface area contributed by atoms with E-state index < -0.39 is 17.3 Å². The summed E-state index contributed by atoms with van der Waals surface area (Å²) in [6.07, 6.45) is 0.466. The normalized spacial score (nSPS) is 23.9. The van der Waals surface area contributed by atoms with Crippen LogP contribution >= 0.6 is 0 Å². The summed E-state index contributed by atoms with van der Waals surface area (Å²) in [4.78, 5) is 37.7. The van der Waals surface area contributed by atoms with E-state index in [0.29, 0.717) is 0 Å². The van der Waals surface area contributed by atoms with E-state index in [-0.39, 0.29) is 31.0 Å². The summed E-state index contributed by atoms with van der Waals surface area (Å²) in [5, 5.41) is 0. The molecule has 4 nitrogen and oxygen atoms in total. The summed E-state index contributed by atoms with van der Waals surface area (Å²) < 4.78 is 5.18. The van der Waals surface area contributed by atoms with Crippen molar-refractivity contribution in [1.29, 1.82) is 0 Å². The first-order chi connectivity index (χ1) is 10.8. The number of carbonyl (C=O) groups excluding carboxylic acids is 3. The van der Waals surface area contributed by atoms with Gasteiger partial charge in [-0.25, -0.2) is 0 Å². The lowest BCUT2D eigenvalue weighted by Gasteiger charge is -2.31. The van der Waals surface area contributed by atoms with Gasteiger partial charge in [-0.1, -0.05) is 17.7 Å². The maximum absolute atomic E-state index is 12.6. The minimum absolute atomic E-state index is 0.0525. The topological polar surface area (TPSA) is 60.4 Å². The molecule has 1 aliphatic rings. The number of ether oxygens (including phenoxy) is 1. The molecule has 1 aromatic rings. The smallest absolute Gasteiger partial charge is 0.320 e. The Bertz CT molecular complexity index is 651. The van der Waals surface area contributed by atoms with Crippen LogP contribution in [0, 0.1) is 26.2 Å². The minimum Gasteiger partial charge on any atom is -0.465 e. The number of esters is 1. The molecular formula is C19H24O4. The first-order valence-electron chi connectivity index (χ1n) is 8.04. The molecule has 0 aromatic heterocycles. The summed E-state index contributed by atoms with van der Waals surface area (Å²) in [6.45, 7) is 9.14. The van der Waals surface area contributed by atoms with Crippen LogP contribution in [0.25, 0.3) is 0 Å². The average Bonchev–Trinajstić information content (AvgIpc) is 2.77. The Labute approximate surface area is 137 Å². The Kier molecular flexibility index (Phi) is 4.73. The van der Waals surface area contributed by atoms with Gasteiger partial charge in [0.15, 0.2) is 0 Å². The number of hydrogen-bond acceptors (Lipinski definition) is 4. The van der Waals surface area contributed by atoms with Gasteiger partial charge in [-0.2, -0.15) is 0 Å². The van der Waals surface area contributed by atoms with E-state index >= 15 is 0 Å². The molecule has 23 heavy (non-hydrogen) atoms. The second kappa shape index (κ2) is 6.26. The first kappa shape index (κ1) is 17.4. The Morgan fingerprint density at radius 1 is 1.22 bits per heavy atom. The highest BCUT2D eigenvalue weighted by Gasteiger charge is 2.59. The molecule has 1 aliphatic carbocycles. The van der Waals surface area contributed by atoms with Gasteiger partial charge in [-0.15, -0.1) is 0 Å². The molecule has 0 radical (unpaired) electrons. The van der Waals surface area contributed by atoms with Crippen LogP contribution in [-0.2, 0) is 19.1 Å². The van der Waals surface area contributed by atoms with Crippen LogP contribution in [0.3, 0.4) is 0 Å². The zero-order chi connectivity index (χ0) is 17.4. The molecule has 0 amide bonds. The van der Waals surface area contributed by atoms with Crippen LogP contribution in [0.4, 0.5) is 0 Å². The highest BCUT2D eigenvalue weighted by Crippen LogP contribution is 2.50. The fraction of sp³-hybridized carbons (Fsp3) is 0.526. The average molecular weight is 316 g/mol. The van der Waals surface area contributed by atoms with Crippen LogP contribution in [0.1, 0.15) is 54.9 Å². The van der Waals surface area contributed by atoms with E-state index in [4.69, 9.17) is 4.74 Å². The molecule has 1 saturated carbocycles. The lowest BCUT2D eigenvalue weighted by atomic mass is 9.69. The van der Waals surface area contributed by atoms with Crippen molar-refractivity contribution in [3.63, 3.8) is 0 Å². The second-order valence-corrected chi connectivity index (χ2v) is 6.46. The lowest BCUT2D eigenvalue weighted by molar-refractivity contribution is -0.161. The van der Waals surface area contributed by atoms with Crippen LogP contribution in [0.5, 0.6) is 0 Å². The SMILES string of the molecule is CCOC(=O)C1(C(C)=O)CCC(=O)C1c1c(C)cc(C)cc1C. The molecule has 0 spiro atoms. The summed E-state index contributed by atoms with van der Waals surface area (Å²) in [5.41, 5.74) is 2.41. The molecule has 4 heteroatoms. The zero-order valence-corrected chi connectivity index (χ0v) is 14.5. The molecule has 2 atom stereocenters. The van der Waals surface area contributed by atoms with E-state index in [1.165, 1.54) is 6.92 Å². The van der Waals surface area contributed by atoms with E-state index in [2.05, 4.69) is 0 Å². The predicted octanol–water partition coefficient (Wildman–Crippen LogP) is 3.20. The van der Waals surface area contributed by atoms with Gasteiger partial charge in [-0.05, 0) is 57.7 Å². The van der Waals surface area contributed by atoms with Crippen molar-refractivity contribution in [1.82, 2.24) is 0 Å². The van der Waals surface area contributed by atoms with Gasteiger partial charge >= 0.3 is 5.97 Å². The molecule has 124 valence electrons. The Morgan fingerprint density at radius 2 is 1.78 bits per heavy atom. The Hall–Kier alpha value is -1.97. The molecule has 0 heterocycles. The van der Waals surface area contributed by atoms with Crippen LogP contribution in [0.2, 0.25) is 0 Å². The van der Waals surface area contributed by atoms with Gasteiger partial charge in [0.2, 0.25) is 0 Å². The van der Waals surface area contributed by atoms with E-state index in [0.717, 1.165) is 22.3 Å². The first-order valence-corrected chi connectivity index (χ1v) is 8.04. The highest BCUT2D eigenvalue weighted by molar-refractivity contribution is 6.11. The molecule has 2 rings (SSSR count). The van der Waals surface area contributed by atoms with Crippen molar-refractivity contribution in [2.45, 2.75) is 53.4 Å². The van der Waals surface area contributed by atoms with Gasteiger partial charge < -0.3 is 4.74 Å². The predicted molar refractivity (Wildman–Crippen MR) is 87.4 cm³/mol. The van der Waals surface area contributed by atoms with Gasteiger partial charge in [0.25, 0.3) is 0 Å². The van der Waals surface area contributed by atoms with Crippen molar-refractivity contribution >= 4 is 17.5 Å². The standard InChI is InChI=1S/C19H24O4/c1-6-23-18(22)19(14(5)20)8-7-15(21)17(19)16-12(3)9-11(2)10-13(16)4/h9-10,17H,6-8H2,1-5H3. The van der Waals surface area contributed by atoms with Crippen molar-refractivity contribution in [2.75, 3.05) is 6.61 Å². The van der Waals surface area contributed by atoms with Crippen LogP contribution in [0.15, 0.2) is 12.1 Å². The number of rotatable bonds is 4. The fourth-order valence-electron chi connectivity index (χ4n) is 3.94. The largest absolute Gasteiger partial charge is 0.465 e. The maximum atomic E-state index is 12.6. The molecular weight excluding hydrogens is 292 g/mol. The van der Waals surface area contributed by atoms with Gasteiger partial charge in [-0.3, -0.25) is 14.4 Å². The summed E-state index contributed by atoms with van der Waals surface area (Å²) in [6, 6.07) is 3.98. The van der Waals surface area contributed by atoms with Crippen LogP contribution < -0.4 is 0 Å². The Balaban J connectivity index is 2.68. The number of hydrogen-bond donors (Lipinski definition) is 0. The number of ketones is 2. The highest BCUT2D eigenvalue weighted by atomic mass is 16.5. The van der Waals surface area contributed by atoms with Crippen LogP contribution in [-0.4, -0.2) is 24.1 Å². The molecule has 1 fully saturated rings. The fourth-order valence-corrected chi connectivity index (χ4v) is 3.94. The minimum atomic E-state index is -1.38. The second-order valence-electron chi connectivity index (χ2n) is 6.46. The van der Waals surface area contributed by atoms with E-state index in [1.807, 2.05) is 32.9 Å². The molecule has 0 N–H and O–H groups in total. The quantitative estimate of drug-likeness (QED) is 0.632. The number of benzene rings is 1. The lowest BCUT2D eigenvalue weighted by Crippen LogP contribution is -2.43. The van der Waals surface area contributed by atoms with Gasteiger partial charge in [0.1, 0.15) is 17.0 Å². The Morgan fingerprint density at radius 3 is 2.26 bits per heavy atom. The monoisotopic (exact) mass is 316 g/mol. The summed E-state index contributed by atoms with van der Waals surface area (Å²) in [5.74, 6) is -1.64.